The molecule has 1 fully saturated rings. The second-order valence-corrected chi connectivity index (χ2v) is 6.19. The highest BCUT2D eigenvalue weighted by atomic mass is 16.7. The van der Waals surface area contributed by atoms with E-state index in [2.05, 4.69) is 32.6 Å². The summed E-state index contributed by atoms with van der Waals surface area (Å²) >= 11 is 0. The maximum atomic E-state index is 6.33. The van der Waals surface area contributed by atoms with Gasteiger partial charge in [0.15, 0.2) is 6.29 Å². The lowest BCUT2D eigenvalue weighted by molar-refractivity contribution is -0.256. The molecule has 3 aliphatic heterocycles. The van der Waals surface area contributed by atoms with Crippen LogP contribution in [0.2, 0.25) is 0 Å². The topological polar surface area (TPSA) is 36.9 Å². The molecule has 0 aliphatic carbocycles. The number of methoxy groups -OCH3 is 1. The van der Waals surface area contributed by atoms with Crippen molar-refractivity contribution in [2.24, 2.45) is 0 Å². The molecule has 0 bridgehead atoms. The van der Waals surface area contributed by atoms with E-state index >= 15 is 0 Å². The first kappa shape index (κ1) is 15.0. The lowest BCUT2D eigenvalue weighted by Crippen LogP contribution is -2.59. The molecule has 116 valence electrons. The summed E-state index contributed by atoms with van der Waals surface area (Å²) < 4.78 is 23.8. The number of fused-ring (bicyclic) bond motifs is 2. The summed E-state index contributed by atoms with van der Waals surface area (Å²) in [6.07, 6.45) is 9.46. The second-order valence-electron chi connectivity index (χ2n) is 6.19. The number of hydrogen-bond acceptors (Lipinski definition) is 4. The van der Waals surface area contributed by atoms with Crippen molar-refractivity contribution < 1.29 is 18.9 Å². The van der Waals surface area contributed by atoms with E-state index in [0.29, 0.717) is 0 Å². The van der Waals surface area contributed by atoms with Crippen molar-refractivity contribution in [3.05, 3.63) is 36.5 Å². The minimum atomic E-state index is -0.392. The first-order chi connectivity index (χ1) is 10.1. The summed E-state index contributed by atoms with van der Waals surface area (Å²) in [6.45, 7) is 7.94. The first-order valence-corrected chi connectivity index (χ1v) is 7.56. The van der Waals surface area contributed by atoms with Crippen molar-refractivity contribution in [2.75, 3.05) is 7.11 Å². The van der Waals surface area contributed by atoms with E-state index in [4.69, 9.17) is 18.9 Å². The van der Waals surface area contributed by atoms with Crippen LogP contribution in [0.5, 0.6) is 0 Å². The van der Waals surface area contributed by atoms with E-state index in [1.165, 1.54) is 5.57 Å². The average molecular weight is 292 g/mol. The maximum Gasteiger partial charge on any atom is 0.177 e. The molecule has 4 nitrogen and oxygen atoms in total. The van der Waals surface area contributed by atoms with Crippen LogP contribution in [0.4, 0.5) is 0 Å². The fraction of sp³-hybridized carbons (Fsp3) is 0.647. The van der Waals surface area contributed by atoms with Gasteiger partial charge in [-0.05, 0) is 31.9 Å². The van der Waals surface area contributed by atoms with E-state index in [1.54, 1.807) is 7.11 Å². The summed E-state index contributed by atoms with van der Waals surface area (Å²) in [7, 11) is 1.66. The van der Waals surface area contributed by atoms with Gasteiger partial charge in [0.25, 0.3) is 0 Å². The third-order valence-electron chi connectivity index (χ3n) is 4.57. The zero-order valence-corrected chi connectivity index (χ0v) is 13.0. The van der Waals surface area contributed by atoms with Gasteiger partial charge in [-0.3, -0.25) is 0 Å². The minimum Gasteiger partial charge on any atom is -0.367 e. The van der Waals surface area contributed by atoms with Crippen LogP contribution in [0.15, 0.2) is 36.5 Å². The van der Waals surface area contributed by atoms with Gasteiger partial charge < -0.3 is 18.9 Å². The van der Waals surface area contributed by atoms with Crippen molar-refractivity contribution in [3.63, 3.8) is 0 Å². The van der Waals surface area contributed by atoms with Crippen LogP contribution in [0.1, 0.15) is 26.7 Å². The first-order valence-electron chi connectivity index (χ1n) is 7.56. The van der Waals surface area contributed by atoms with Gasteiger partial charge in [0, 0.05) is 13.5 Å². The lowest BCUT2D eigenvalue weighted by atomic mass is 9.83. The van der Waals surface area contributed by atoms with Crippen LogP contribution >= 0.6 is 0 Å². The molecule has 0 aromatic rings. The molecule has 0 amide bonds. The predicted octanol–water partition coefficient (Wildman–Crippen LogP) is 2.75. The quantitative estimate of drug-likeness (QED) is 0.750. The molecule has 6 atom stereocenters. The number of ether oxygens (including phenoxy) is 4. The zero-order chi connectivity index (χ0) is 15.0. The summed E-state index contributed by atoms with van der Waals surface area (Å²) in [5.74, 6) is 0. The van der Waals surface area contributed by atoms with Gasteiger partial charge >= 0.3 is 0 Å². The van der Waals surface area contributed by atoms with Crippen LogP contribution in [0.25, 0.3) is 0 Å². The van der Waals surface area contributed by atoms with Gasteiger partial charge in [-0.15, -0.1) is 6.58 Å². The molecule has 0 saturated carbocycles. The van der Waals surface area contributed by atoms with Gasteiger partial charge in [-0.1, -0.05) is 18.2 Å². The normalized spacial score (nSPS) is 45.5. The Labute approximate surface area is 126 Å². The Morgan fingerprint density at radius 3 is 3.00 bits per heavy atom. The van der Waals surface area contributed by atoms with Crippen molar-refractivity contribution in [1.82, 2.24) is 0 Å². The van der Waals surface area contributed by atoms with Gasteiger partial charge in [-0.2, -0.15) is 0 Å². The van der Waals surface area contributed by atoms with Gasteiger partial charge in [-0.25, -0.2) is 0 Å². The summed E-state index contributed by atoms with van der Waals surface area (Å²) in [4.78, 5) is 0. The highest BCUT2D eigenvalue weighted by Crippen LogP contribution is 2.41. The zero-order valence-electron chi connectivity index (χ0n) is 13.0. The van der Waals surface area contributed by atoms with Gasteiger partial charge in [0.05, 0.1) is 18.3 Å². The van der Waals surface area contributed by atoms with Crippen LogP contribution in [0.3, 0.4) is 0 Å². The van der Waals surface area contributed by atoms with E-state index in [1.807, 2.05) is 12.2 Å². The van der Waals surface area contributed by atoms with Crippen LogP contribution in [-0.4, -0.2) is 43.4 Å². The molecule has 0 spiro atoms. The Kier molecular flexibility index (Phi) is 4.06. The van der Waals surface area contributed by atoms with Crippen molar-refractivity contribution >= 4 is 0 Å². The van der Waals surface area contributed by atoms with Crippen LogP contribution in [0, 0.1) is 0 Å². The minimum absolute atomic E-state index is 0.00268. The summed E-state index contributed by atoms with van der Waals surface area (Å²) in [5, 5.41) is 0. The lowest BCUT2D eigenvalue weighted by Gasteiger charge is -2.51. The maximum absolute atomic E-state index is 6.33. The van der Waals surface area contributed by atoms with Gasteiger partial charge in [0.2, 0.25) is 0 Å². The molecule has 4 heteroatoms. The number of rotatable bonds is 3. The highest BCUT2D eigenvalue weighted by Gasteiger charge is 2.50. The Morgan fingerprint density at radius 2 is 2.29 bits per heavy atom. The fourth-order valence-corrected chi connectivity index (χ4v) is 3.34. The fourth-order valence-electron chi connectivity index (χ4n) is 3.34. The molecule has 0 aromatic heterocycles. The molecule has 3 rings (SSSR count). The molecular weight excluding hydrogens is 268 g/mol. The number of hydrogen-bond donors (Lipinski definition) is 0. The third kappa shape index (κ3) is 2.73. The van der Waals surface area contributed by atoms with E-state index < -0.39 is 5.60 Å². The van der Waals surface area contributed by atoms with E-state index in [9.17, 15) is 0 Å². The van der Waals surface area contributed by atoms with Gasteiger partial charge in [0.1, 0.15) is 11.7 Å². The monoisotopic (exact) mass is 292 g/mol. The average Bonchev–Trinajstić information content (AvgIpc) is 2.46. The predicted molar refractivity (Wildman–Crippen MR) is 79.9 cm³/mol. The van der Waals surface area contributed by atoms with Crippen LogP contribution in [-0.2, 0) is 18.9 Å². The molecular formula is C17H24O4. The molecule has 0 aromatic carbocycles. The molecule has 0 radical (unpaired) electrons. The molecule has 0 N–H and O–H groups in total. The van der Waals surface area contributed by atoms with Crippen LogP contribution < -0.4 is 0 Å². The Balaban J connectivity index is 1.81. The Morgan fingerprint density at radius 1 is 1.48 bits per heavy atom. The van der Waals surface area contributed by atoms with Crippen molar-refractivity contribution in [3.8, 4) is 0 Å². The largest absolute Gasteiger partial charge is 0.367 e. The molecule has 1 saturated heterocycles. The molecule has 21 heavy (non-hydrogen) atoms. The smallest absolute Gasteiger partial charge is 0.177 e. The Hall–Kier alpha value is -0.940. The van der Waals surface area contributed by atoms with Crippen molar-refractivity contribution in [2.45, 2.75) is 63.0 Å². The second kappa shape index (κ2) is 5.69. The molecule has 3 aliphatic rings. The summed E-state index contributed by atoms with van der Waals surface area (Å²) in [5.41, 5.74) is 0.774. The molecule has 0 unspecified atom stereocenters. The standard InChI is InChI=1S/C17H24O4/c1-5-6-12-7-8-17(3)14(19-12)10-13-16(21-17)11(2)9-15(18-4)20-13/h5,7-9,12-16H,1,6,10H2,2-4H3/t12-,13+,14-,15-,16-,17+/m1/s1. The highest BCUT2D eigenvalue weighted by molar-refractivity contribution is 5.21. The SMILES string of the molecule is C=CC[C@@H]1C=C[C@]2(C)O[C@@H]3C(C)=C[C@H](OC)O[C@H]3C[C@H]2O1. The summed E-state index contributed by atoms with van der Waals surface area (Å²) in [6, 6.07) is 0. The van der Waals surface area contributed by atoms with Crippen molar-refractivity contribution in [1.29, 1.82) is 0 Å². The van der Waals surface area contributed by atoms with E-state index in [-0.39, 0.29) is 30.7 Å². The molecule has 3 heterocycles. The Bertz CT molecular complexity index is 469. The van der Waals surface area contributed by atoms with E-state index in [0.717, 1.165) is 12.8 Å². The third-order valence-corrected chi connectivity index (χ3v) is 4.57.